The summed E-state index contributed by atoms with van der Waals surface area (Å²) in [5.74, 6) is -0.793. The Hall–Kier alpha value is -2.44. The molecule has 0 aliphatic carbocycles. The molecule has 1 aromatic carbocycles. The minimum atomic E-state index is -1.02. The zero-order valence-electron chi connectivity index (χ0n) is 12.2. The summed E-state index contributed by atoms with van der Waals surface area (Å²) in [6, 6.07) is 4.03. The average Bonchev–Trinajstić information content (AvgIpc) is 2.86. The molecule has 0 spiro atoms. The first-order chi connectivity index (χ1) is 9.90. The second-order valence-corrected chi connectivity index (χ2v) is 5.36. The molecule has 7 nitrogen and oxygen atoms in total. The third-order valence-corrected chi connectivity index (χ3v) is 3.15. The van der Waals surface area contributed by atoms with E-state index in [0.717, 1.165) is 0 Å². The van der Waals surface area contributed by atoms with E-state index in [0.29, 0.717) is 23.5 Å². The Morgan fingerprint density at radius 2 is 2.05 bits per heavy atom. The molecule has 0 radical (unpaired) electrons. The van der Waals surface area contributed by atoms with E-state index in [-0.39, 0.29) is 11.5 Å². The van der Waals surface area contributed by atoms with E-state index in [9.17, 15) is 9.59 Å². The number of carboxylic acids is 1. The molecule has 2 aromatic rings. The molecule has 1 unspecified atom stereocenters. The highest BCUT2D eigenvalue weighted by molar-refractivity contribution is 5.92. The van der Waals surface area contributed by atoms with E-state index >= 15 is 0 Å². The molecule has 112 valence electrons. The fraction of sp³-hybridized carbons (Fsp3) is 0.429. The lowest BCUT2D eigenvalue weighted by molar-refractivity contribution is -0.124. The second-order valence-electron chi connectivity index (χ2n) is 5.36. The zero-order chi connectivity index (χ0) is 15.6. The largest absolute Gasteiger partial charge is 0.478 e. The topological polar surface area (TPSA) is 97.1 Å². The van der Waals surface area contributed by atoms with E-state index in [1.807, 2.05) is 13.8 Å². The molecule has 2 rings (SSSR count). The Bertz CT molecular complexity index is 678. The second kappa shape index (κ2) is 5.90. The van der Waals surface area contributed by atoms with Crippen LogP contribution in [0.3, 0.4) is 0 Å². The van der Waals surface area contributed by atoms with Crippen LogP contribution >= 0.6 is 0 Å². The number of fused-ring (bicyclic) bond motifs is 1. The molecule has 0 bridgehead atoms. The van der Waals surface area contributed by atoms with Crippen LogP contribution in [0.4, 0.5) is 0 Å². The van der Waals surface area contributed by atoms with Gasteiger partial charge in [-0.3, -0.25) is 4.79 Å². The summed E-state index contributed by atoms with van der Waals surface area (Å²) >= 11 is 0. The van der Waals surface area contributed by atoms with Gasteiger partial charge in [0.25, 0.3) is 0 Å². The van der Waals surface area contributed by atoms with Gasteiger partial charge >= 0.3 is 5.97 Å². The van der Waals surface area contributed by atoms with Gasteiger partial charge in [-0.2, -0.15) is 0 Å². The van der Waals surface area contributed by atoms with Crippen molar-refractivity contribution >= 4 is 22.9 Å². The third-order valence-electron chi connectivity index (χ3n) is 3.15. The fourth-order valence-electron chi connectivity index (χ4n) is 1.92. The van der Waals surface area contributed by atoms with Crippen molar-refractivity contribution < 1.29 is 14.7 Å². The number of carbonyl (C=O) groups excluding carboxylic acids is 1. The van der Waals surface area contributed by atoms with Crippen molar-refractivity contribution in [2.45, 2.75) is 26.8 Å². The van der Waals surface area contributed by atoms with Gasteiger partial charge in [0.15, 0.2) is 0 Å². The Balaban J connectivity index is 2.26. The first-order valence-corrected chi connectivity index (χ1v) is 6.76. The number of hydrogen-bond acceptors (Lipinski definition) is 4. The zero-order valence-corrected chi connectivity index (χ0v) is 12.2. The highest BCUT2D eigenvalue weighted by Crippen LogP contribution is 2.17. The Kier molecular flexibility index (Phi) is 4.21. The van der Waals surface area contributed by atoms with Gasteiger partial charge in [0.05, 0.1) is 11.1 Å². The van der Waals surface area contributed by atoms with Gasteiger partial charge in [-0.25, -0.2) is 9.48 Å². The van der Waals surface area contributed by atoms with Gasteiger partial charge in [0.1, 0.15) is 11.6 Å². The van der Waals surface area contributed by atoms with Crippen molar-refractivity contribution in [3.05, 3.63) is 23.8 Å². The first kappa shape index (κ1) is 15.0. The molecule has 0 fully saturated rings. The van der Waals surface area contributed by atoms with Crippen molar-refractivity contribution in [3.63, 3.8) is 0 Å². The van der Waals surface area contributed by atoms with Gasteiger partial charge in [0, 0.05) is 6.54 Å². The molecule has 0 saturated carbocycles. The normalized spacial score (nSPS) is 12.6. The molecule has 1 heterocycles. The van der Waals surface area contributed by atoms with E-state index in [4.69, 9.17) is 5.11 Å². The summed E-state index contributed by atoms with van der Waals surface area (Å²) < 4.78 is 1.50. The van der Waals surface area contributed by atoms with E-state index in [1.54, 1.807) is 13.0 Å². The molecule has 1 amide bonds. The molecule has 7 heteroatoms. The number of hydrogen-bond donors (Lipinski definition) is 2. The van der Waals surface area contributed by atoms with Gasteiger partial charge in [-0.1, -0.05) is 19.1 Å². The van der Waals surface area contributed by atoms with E-state index in [2.05, 4.69) is 15.6 Å². The van der Waals surface area contributed by atoms with Crippen molar-refractivity contribution in [1.82, 2.24) is 20.3 Å². The molecule has 0 aliphatic heterocycles. The summed E-state index contributed by atoms with van der Waals surface area (Å²) in [6.45, 7) is 6.36. The number of aromatic nitrogens is 3. The lowest BCUT2D eigenvalue weighted by atomic mass is 10.2. The van der Waals surface area contributed by atoms with Crippen LogP contribution in [0.25, 0.3) is 11.0 Å². The molecular weight excluding hydrogens is 272 g/mol. The van der Waals surface area contributed by atoms with E-state index in [1.165, 1.54) is 16.8 Å². The van der Waals surface area contributed by atoms with Crippen molar-refractivity contribution in [1.29, 1.82) is 0 Å². The van der Waals surface area contributed by atoms with Crippen LogP contribution in [0.5, 0.6) is 0 Å². The number of nitrogens with zero attached hydrogens (tertiary/aromatic N) is 3. The molecule has 2 N–H and O–H groups in total. The first-order valence-electron chi connectivity index (χ1n) is 6.76. The summed E-state index contributed by atoms with van der Waals surface area (Å²) in [5, 5.41) is 19.7. The quantitative estimate of drug-likeness (QED) is 0.869. The van der Waals surface area contributed by atoms with Crippen LogP contribution in [-0.4, -0.2) is 38.5 Å². The molecule has 0 aliphatic rings. The predicted molar refractivity (Wildman–Crippen MR) is 77.0 cm³/mol. The van der Waals surface area contributed by atoms with Crippen LogP contribution in [-0.2, 0) is 4.79 Å². The van der Waals surface area contributed by atoms with E-state index < -0.39 is 12.0 Å². The molecular formula is C14H18N4O3. The Morgan fingerprint density at radius 1 is 1.33 bits per heavy atom. The predicted octanol–water partition coefficient (Wildman–Crippen LogP) is 1.46. The van der Waals surface area contributed by atoms with Gasteiger partial charge < -0.3 is 10.4 Å². The Labute approximate surface area is 121 Å². The van der Waals surface area contributed by atoms with Gasteiger partial charge in [0.2, 0.25) is 5.91 Å². The molecule has 0 saturated heterocycles. The number of nitrogens with one attached hydrogen (secondary N) is 1. The van der Waals surface area contributed by atoms with Crippen molar-refractivity contribution in [2.24, 2.45) is 5.92 Å². The fourth-order valence-corrected chi connectivity index (χ4v) is 1.92. The van der Waals surface area contributed by atoms with Crippen molar-refractivity contribution in [3.8, 4) is 0 Å². The molecule has 1 atom stereocenters. The summed E-state index contributed by atoms with van der Waals surface area (Å²) in [7, 11) is 0. The smallest absolute Gasteiger partial charge is 0.335 e. The Morgan fingerprint density at radius 3 is 2.67 bits per heavy atom. The van der Waals surface area contributed by atoms with Gasteiger partial charge in [-0.15, -0.1) is 5.10 Å². The minimum absolute atomic E-state index is 0.141. The standard InChI is InChI=1S/C14H18N4O3/c1-8(2)7-15-13(19)9(3)18-12-5-4-10(14(20)21)6-11(12)16-17-18/h4-6,8-9H,7H2,1-3H3,(H,15,19)(H,20,21). The van der Waals surface area contributed by atoms with Crippen LogP contribution < -0.4 is 5.32 Å². The summed E-state index contributed by atoms with van der Waals surface area (Å²) in [5.41, 5.74) is 1.23. The van der Waals surface area contributed by atoms with Crippen LogP contribution in [0.2, 0.25) is 0 Å². The van der Waals surface area contributed by atoms with Gasteiger partial charge in [-0.05, 0) is 31.0 Å². The number of carbonyl (C=O) groups is 2. The number of aromatic carboxylic acids is 1. The lowest BCUT2D eigenvalue weighted by Gasteiger charge is -2.14. The summed E-state index contributed by atoms with van der Waals surface area (Å²) in [6.07, 6.45) is 0. The highest BCUT2D eigenvalue weighted by Gasteiger charge is 2.19. The number of rotatable bonds is 5. The number of benzene rings is 1. The maximum Gasteiger partial charge on any atom is 0.335 e. The molecule has 1 aromatic heterocycles. The average molecular weight is 290 g/mol. The SMILES string of the molecule is CC(C)CNC(=O)C(C)n1nnc2cc(C(=O)O)ccc21. The van der Waals surface area contributed by atoms with Crippen molar-refractivity contribution in [2.75, 3.05) is 6.54 Å². The number of amides is 1. The molecule has 21 heavy (non-hydrogen) atoms. The van der Waals surface area contributed by atoms with Crippen LogP contribution in [0.15, 0.2) is 18.2 Å². The monoisotopic (exact) mass is 290 g/mol. The lowest BCUT2D eigenvalue weighted by Crippen LogP contribution is -2.33. The van der Waals surface area contributed by atoms with Crippen LogP contribution in [0, 0.1) is 5.92 Å². The highest BCUT2D eigenvalue weighted by atomic mass is 16.4. The van der Waals surface area contributed by atoms with Crippen LogP contribution in [0.1, 0.15) is 37.2 Å². The maximum absolute atomic E-state index is 12.1. The summed E-state index contributed by atoms with van der Waals surface area (Å²) in [4.78, 5) is 23.0. The third kappa shape index (κ3) is 3.18. The maximum atomic E-state index is 12.1. The minimum Gasteiger partial charge on any atom is -0.478 e. The number of carboxylic acid groups (broad SMARTS) is 1.